The molecule has 0 aliphatic heterocycles. The molecule has 1 aromatic carbocycles. The smallest absolute Gasteiger partial charge is 0.325 e. The van der Waals surface area contributed by atoms with Crippen molar-refractivity contribution in [1.82, 2.24) is 9.55 Å². The van der Waals surface area contributed by atoms with Gasteiger partial charge in [-0.25, -0.2) is 4.98 Å². The number of hydrogen-bond acceptors (Lipinski definition) is 5. The summed E-state index contributed by atoms with van der Waals surface area (Å²) >= 11 is 0. The van der Waals surface area contributed by atoms with E-state index in [0.29, 0.717) is 23.6 Å². The zero-order chi connectivity index (χ0) is 13.1. The summed E-state index contributed by atoms with van der Waals surface area (Å²) in [7, 11) is 2.93. The summed E-state index contributed by atoms with van der Waals surface area (Å²) in [6.07, 6.45) is 0. The van der Waals surface area contributed by atoms with Crippen molar-refractivity contribution in [2.24, 2.45) is 0 Å². The number of carbonyl (C=O) groups excluding carboxylic acids is 1. The van der Waals surface area contributed by atoms with E-state index in [1.165, 1.54) is 7.11 Å². The number of methoxy groups -OCH3 is 2. The highest BCUT2D eigenvalue weighted by Crippen LogP contribution is 2.22. The number of hydrogen-bond donors (Lipinski definition) is 1. The van der Waals surface area contributed by atoms with E-state index >= 15 is 0 Å². The quantitative estimate of drug-likeness (QED) is 0.644. The average Bonchev–Trinajstić information content (AvgIpc) is 2.70. The lowest BCUT2D eigenvalue weighted by atomic mass is 10.3. The first-order valence-corrected chi connectivity index (χ1v) is 5.46. The van der Waals surface area contributed by atoms with Crippen LogP contribution in [0.3, 0.4) is 0 Å². The van der Waals surface area contributed by atoms with Gasteiger partial charge in [0.05, 0.1) is 18.3 Å². The van der Waals surface area contributed by atoms with Gasteiger partial charge in [-0.2, -0.15) is 0 Å². The Morgan fingerprint density at radius 3 is 2.89 bits per heavy atom. The third-order valence-electron chi connectivity index (χ3n) is 2.68. The molecule has 0 fully saturated rings. The van der Waals surface area contributed by atoms with E-state index in [-0.39, 0.29) is 12.5 Å². The van der Waals surface area contributed by atoms with Gasteiger partial charge in [0.25, 0.3) is 0 Å². The van der Waals surface area contributed by atoms with Crippen LogP contribution in [0, 0.1) is 0 Å². The van der Waals surface area contributed by atoms with Crippen molar-refractivity contribution in [1.29, 1.82) is 0 Å². The Labute approximate surface area is 104 Å². The van der Waals surface area contributed by atoms with Crippen molar-refractivity contribution in [2.75, 3.05) is 20.0 Å². The van der Waals surface area contributed by atoms with Crippen LogP contribution in [-0.4, -0.2) is 29.7 Å². The van der Waals surface area contributed by atoms with Crippen molar-refractivity contribution in [3.63, 3.8) is 0 Å². The second kappa shape index (κ2) is 5.05. The summed E-state index contributed by atoms with van der Waals surface area (Å²) in [6.45, 7) is 0.403. The molecule has 6 heteroatoms. The van der Waals surface area contributed by atoms with Crippen LogP contribution >= 0.6 is 0 Å². The van der Waals surface area contributed by atoms with Crippen molar-refractivity contribution in [2.45, 2.75) is 13.2 Å². The van der Waals surface area contributed by atoms with Crippen LogP contribution in [0.1, 0.15) is 5.82 Å². The van der Waals surface area contributed by atoms with E-state index in [2.05, 4.69) is 9.72 Å². The second-order valence-electron chi connectivity index (χ2n) is 3.84. The average molecular weight is 249 g/mol. The van der Waals surface area contributed by atoms with Gasteiger partial charge in [-0.15, -0.1) is 0 Å². The number of carbonyl (C=O) groups is 1. The largest absolute Gasteiger partial charge is 0.468 e. The maximum absolute atomic E-state index is 11.4. The molecule has 0 radical (unpaired) electrons. The predicted octanol–water partition coefficient (Wildman–Crippen LogP) is 0.938. The molecule has 0 atom stereocenters. The topological polar surface area (TPSA) is 79.4 Å². The number of rotatable bonds is 4. The Balaban J connectivity index is 2.55. The molecule has 0 saturated carbocycles. The first kappa shape index (κ1) is 12.4. The van der Waals surface area contributed by atoms with Gasteiger partial charge in [0, 0.05) is 7.11 Å². The van der Waals surface area contributed by atoms with Gasteiger partial charge in [-0.3, -0.25) is 4.79 Å². The SMILES string of the molecule is COCc1nc2c(N)cccc2n1CC(=O)OC. The molecule has 2 rings (SSSR count). The summed E-state index contributed by atoms with van der Waals surface area (Å²) in [5.41, 5.74) is 7.92. The molecule has 0 aliphatic carbocycles. The van der Waals surface area contributed by atoms with Gasteiger partial charge in [0.1, 0.15) is 24.5 Å². The minimum Gasteiger partial charge on any atom is -0.468 e. The molecule has 0 bridgehead atoms. The number of benzene rings is 1. The van der Waals surface area contributed by atoms with E-state index in [1.54, 1.807) is 17.7 Å². The molecular formula is C12H15N3O3. The van der Waals surface area contributed by atoms with Crippen LogP contribution in [0.15, 0.2) is 18.2 Å². The van der Waals surface area contributed by atoms with Crippen LogP contribution in [0.2, 0.25) is 0 Å². The Hall–Kier alpha value is -2.08. The third kappa shape index (κ3) is 2.14. The van der Waals surface area contributed by atoms with E-state index in [1.807, 2.05) is 12.1 Å². The number of imidazole rings is 1. The first-order valence-electron chi connectivity index (χ1n) is 5.46. The summed E-state index contributed by atoms with van der Waals surface area (Å²) in [6, 6.07) is 5.46. The number of nitrogens with two attached hydrogens (primary N) is 1. The van der Waals surface area contributed by atoms with E-state index in [9.17, 15) is 4.79 Å². The van der Waals surface area contributed by atoms with E-state index in [0.717, 1.165) is 5.52 Å². The standard InChI is InChI=1S/C12H15N3O3/c1-17-7-10-14-12-8(13)4-3-5-9(12)15(10)6-11(16)18-2/h3-5H,6-7,13H2,1-2H3. The van der Waals surface area contributed by atoms with Gasteiger partial charge in [0.15, 0.2) is 0 Å². The summed E-state index contributed by atoms with van der Waals surface area (Å²) in [5, 5.41) is 0. The van der Waals surface area contributed by atoms with Gasteiger partial charge in [-0.05, 0) is 12.1 Å². The number of para-hydroxylation sites is 1. The van der Waals surface area contributed by atoms with Gasteiger partial charge >= 0.3 is 5.97 Å². The molecule has 0 unspecified atom stereocenters. The highest BCUT2D eigenvalue weighted by Gasteiger charge is 2.15. The zero-order valence-electron chi connectivity index (χ0n) is 10.3. The fourth-order valence-corrected chi connectivity index (χ4v) is 1.83. The van der Waals surface area contributed by atoms with Crippen molar-refractivity contribution < 1.29 is 14.3 Å². The Kier molecular flexibility index (Phi) is 3.47. The van der Waals surface area contributed by atoms with Crippen LogP contribution in [0.25, 0.3) is 11.0 Å². The normalized spacial score (nSPS) is 10.8. The van der Waals surface area contributed by atoms with E-state index in [4.69, 9.17) is 10.5 Å². The molecule has 0 aliphatic rings. The lowest BCUT2D eigenvalue weighted by molar-refractivity contribution is -0.141. The summed E-state index contributed by atoms with van der Waals surface area (Å²) in [5.74, 6) is 0.310. The second-order valence-corrected chi connectivity index (χ2v) is 3.84. The summed E-state index contributed by atoms with van der Waals surface area (Å²) in [4.78, 5) is 15.8. The molecule has 1 heterocycles. The number of nitrogens with zero attached hydrogens (tertiary/aromatic N) is 2. The fourth-order valence-electron chi connectivity index (χ4n) is 1.83. The molecule has 0 amide bonds. The maximum atomic E-state index is 11.4. The van der Waals surface area contributed by atoms with Crippen LogP contribution in [-0.2, 0) is 27.4 Å². The highest BCUT2D eigenvalue weighted by molar-refractivity contribution is 5.88. The molecule has 2 N–H and O–H groups in total. The minimum absolute atomic E-state index is 0.0924. The third-order valence-corrected chi connectivity index (χ3v) is 2.68. The molecule has 96 valence electrons. The van der Waals surface area contributed by atoms with Crippen LogP contribution in [0.4, 0.5) is 5.69 Å². The Morgan fingerprint density at radius 2 is 2.22 bits per heavy atom. The van der Waals surface area contributed by atoms with Gasteiger partial charge in [0.2, 0.25) is 0 Å². The molecule has 6 nitrogen and oxygen atoms in total. The summed E-state index contributed by atoms with van der Waals surface area (Å²) < 4.78 is 11.5. The Bertz CT molecular complexity index is 577. The van der Waals surface area contributed by atoms with Gasteiger partial charge < -0.3 is 19.8 Å². The van der Waals surface area contributed by atoms with Crippen LogP contribution < -0.4 is 5.73 Å². The maximum Gasteiger partial charge on any atom is 0.325 e. The Morgan fingerprint density at radius 1 is 1.44 bits per heavy atom. The van der Waals surface area contributed by atoms with Crippen molar-refractivity contribution in [3.8, 4) is 0 Å². The van der Waals surface area contributed by atoms with Gasteiger partial charge in [-0.1, -0.05) is 6.07 Å². The highest BCUT2D eigenvalue weighted by atomic mass is 16.5. The molecule has 2 aromatic rings. The molecular weight excluding hydrogens is 234 g/mol. The number of ether oxygens (including phenoxy) is 2. The predicted molar refractivity (Wildman–Crippen MR) is 66.9 cm³/mol. The number of nitrogen functional groups attached to an aromatic ring is 1. The zero-order valence-corrected chi connectivity index (χ0v) is 10.3. The fraction of sp³-hybridized carbons (Fsp3) is 0.333. The molecule has 1 aromatic heterocycles. The number of aromatic nitrogens is 2. The number of esters is 1. The van der Waals surface area contributed by atoms with E-state index < -0.39 is 0 Å². The first-order chi connectivity index (χ1) is 8.67. The lowest BCUT2D eigenvalue weighted by Crippen LogP contribution is -2.14. The molecule has 0 saturated heterocycles. The lowest BCUT2D eigenvalue weighted by Gasteiger charge is -2.07. The minimum atomic E-state index is -0.339. The van der Waals surface area contributed by atoms with Crippen molar-refractivity contribution >= 4 is 22.7 Å². The number of anilines is 1. The molecule has 0 spiro atoms. The molecule has 18 heavy (non-hydrogen) atoms. The van der Waals surface area contributed by atoms with Crippen molar-refractivity contribution in [3.05, 3.63) is 24.0 Å². The monoisotopic (exact) mass is 249 g/mol. The van der Waals surface area contributed by atoms with Crippen LogP contribution in [0.5, 0.6) is 0 Å². The number of fused-ring (bicyclic) bond motifs is 1.